The molecule has 6 heteroatoms. The van der Waals surface area contributed by atoms with E-state index in [9.17, 15) is 15.3 Å². The predicted molar refractivity (Wildman–Crippen MR) is 61.0 cm³/mol. The van der Waals surface area contributed by atoms with E-state index >= 15 is 0 Å². The Morgan fingerprint density at radius 1 is 1.41 bits per heavy atom. The van der Waals surface area contributed by atoms with Crippen LogP contribution in [0.2, 0.25) is 0 Å². The van der Waals surface area contributed by atoms with Crippen molar-refractivity contribution in [3.8, 4) is 0 Å². The molecule has 1 aliphatic rings. The number of hydroxylamine groups is 2. The van der Waals surface area contributed by atoms with Crippen molar-refractivity contribution in [3.63, 3.8) is 0 Å². The summed E-state index contributed by atoms with van der Waals surface area (Å²) < 4.78 is 0. The van der Waals surface area contributed by atoms with Gasteiger partial charge in [-0.25, -0.2) is 0 Å². The van der Waals surface area contributed by atoms with Crippen LogP contribution < -0.4 is 0 Å². The van der Waals surface area contributed by atoms with Gasteiger partial charge >= 0.3 is 0 Å². The van der Waals surface area contributed by atoms with Crippen LogP contribution in [0.5, 0.6) is 0 Å². The van der Waals surface area contributed by atoms with Crippen molar-refractivity contribution in [1.82, 2.24) is 5.06 Å². The standard InChI is InChI=1S/C11H21N2O4/c1-10(2)7-5-6-9(8-17-13(15)16)11(3,4)12(10)14/h9H,5-8H2,1-4H3. The molecule has 0 N–H and O–H groups in total. The van der Waals surface area contributed by atoms with Crippen LogP contribution in [0.4, 0.5) is 0 Å². The molecule has 1 rings (SSSR count). The second-order valence-electron chi connectivity index (χ2n) is 5.87. The summed E-state index contributed by atoms with van der Waals surface area (Å²) in [4.78, 5) is 14.7. The molecule has 17 heavy (non-hydrogen) atoms. The van der Waals surface area contributed by atoms with E-state index in [4.69, 9.17) is 0 Å². The molecule has 1 saturated heterocycles. The van der Waals surface area contributed by atoms with Gasteiger partial charge in [0.1, 0.15) is 6.61 Å². The lowest BCUT2D eigenvalue weighted by Crippen LogP contribution is -2.55. The Kier molecular flexibility index (Phi) is 3.99. The molecule has 1 aliphatic heterocycles. The molecule has 0 aromatic heterocycles. The van der Waals surface area contributed by atoms with E-state index in [0.29, 0.717) is 0 Å². The zero-order valence-corrected chi connectivity index (χ0v) is 10.9. The first-order valence-corrected chi connectivity index (χ1v) is 5.92. The van der Waals surface area contributed by atoms with Gasteiger partial charge in [0.05, 0.1) is 0 Å². The van der Waals surface area contributed by atoms with Crippen molar-refractivity contribution >= 4 is 0 Å². The summed E-state index contributed by atoms with van der Waals surface area (Å²) >= 11 is 0. The Balaban J connectivity index is 2.81. The van der Waals surface area contributed by atoms with Crippen LogP contribution in [-0.4, -0.2) is 27.8 Å². The van der Waals surface area contributed by atoms with Gasteiger partial charge in [0.2, 0.25) is 0 Å². The number of hydrogen-bond donors (Lipinski definition) is 0. The molecular formula is C11H21N2O4. The lowest BCUT2D eigenvalue weighted by molar-refractivity contribution is -0.759. The van der Waals surface area contributed by atoms with Gasteiger partial charge in [-0.05, 0) is 40.5 Å². The Labute approximate surface area is 102 Å². The van der Waals surface area contributed by atoms with Crippen LogP contribution in [0.15, 0.2) is 0 Å². The van der Waals surface area contributed by atoms with Crippen LogP contribution in [0, 0.1) is 16.0 Å². The average Bonchev–Trinajstić information content (AvgIpc) is 2.26. The highest BCUT2D eigenvalue weighted by atomic mass is 16.9. The minimum atomic E-state index is -0.790. The first-order valence-electron chi connectivity index (χ1n) is 5.92. The molecule has 6 nitrogen and oxygen atoms in total. The second kappa shape index (κ2) is 4.78. The molecule has 0 spiro atoms. The maximum absolute atomic E-state index is 12.3. The molecule has 1 atom stereocenters. The van der Waals surface area contributed by atoms with Gasteiger partial charge in [-0.3, -0.25) is 0 Å². The first kappa shape index (κ1) is 14.2. The largest absolute Gasteiger partial charge is 0.314 e. The van der Waals surface area contributed by atoms with E-state index < -0.39 is 16.2 Å². The van der Waals surface area contributed by atoms with Gasteiger partial charge in [-0.15, -0.1) is 20.4 Å². The zero-order valence-electron chi connectivity index (χ0n) is 10.9. The molecule has 0 amide bonds. The fourth-order valence-electron chi connectivity index (χ4n) is 2.62. The summed E-state index contributed by atoms with van der Waals surface area (Å²) in [5.41, 5.74) is -1.07. The molecule has 1 radical (unpaired) electrons. The third-order valence-corrected chi connectivity index (χ3v) is 3.79. The van der Waals surface area contributed by atoms with Crippen LogP contribution in [0.1, 0.15) is 47.0 Å². The summed E-state index contributed by atoms with van der Waals surface area (Å²) in [6.07, 6.45) is 2.47. The number of hydrogen-bond acceptors (Lipinski definition) is 4. The van der Waals surface area contributed by atoms with Crippen LogP contribution in [0.3, 0.4) is 0 Å². The fourth-order valence-corrected chi connectivity index (χ4v) is 2.62. The summed E-state index contributed by atoms with van der Waals surface area (Å²) in [6.45, 7) is 7.49. The van der Waals surface area contributed by atoms with Gasteiger partial charge in [0, 0.05) is 17.0 Å². The van der Waals surface area contributed by atoms with Crippen molar-refractivity contribution in [1.29, 1.82) is 0 Å². The summed E-state index contributed by atoms with van der Waals surface area (Å²) in [7, 11) is 0. The molecule has 1 heterocycles. The molecule has 0 bridgehead atoms. The highest BCUT2D eigenvalue weighted by Crippen LogP contribution is 2.39. The topological polar surface area (TPSA) is 75.5 Å². The van der Waals surface area contributed by atoms with E-state index in [1.54, 1.807) is 0 Å². The number of nitrogens with zero attached hydrogens (tertiary/aromatic N) is 2. The molecule has 0 aliphatic carbocycles. The third-order valence-electron chi connectivity index (χ3n) is 3.79. The second-order valence-corrected chi connectivity index (χ2v) is 5.87. The predicted octanol–water partition coefficient (Wildman–Crippen LogP) is 2.20. The monoisotopic (exact) mass is 245 g/mol. The van der Waals surface area contributed by atoms with Gasteiger partial charge in [-0.1, -0.05) is 6.42 Å². The Morgan fingerprint density at radius 3 is 2.53 bits per heavy atom. The van der Waals surface area contributed by atoms with E-state index in [-0.39, 0.29) is 12.5 Å². The van der Waals surface area contributed by atoms with E-state index in [1.807, 2.05) is 27.7 Å². The Hall–Kier alpha value is -0.880. The maximum Gasteiger partial charge on any atom is 0.294 e. The van der Waals surface area contributed by atoms with Gasteiger partial charge in [0.15, 0.2) is 0 Å². The molecule has 1 fully saturated rings. The van der Waals surface area contributed by atoms with E-state index in [0.717, 1.165) is 24.3 Å². The summed E-state index contributed by atoms with van der Waals surface area (Å²) in [5, 5.41) is 22.9. The van der Waals surface area contributed by atoms with Gasteiger partial charge in [-0.2, -0.15) is 0 Å². The molecule has 1 unspecified atom stereocenters. The maximum atomic E-state index is 12.3. The molecule has 0 aromatic rings. The van der Waals surface area contributed by atoms with Crippen LogP contribution in [-0.2, 0) is 10.0 Å². The van der Waals surface area contributed by atoms with Crippen molar-refractivity contribution in [2.45, 2.75) is 58.0 Å². The van der Waals surface area contributed by atoms with E-state index in [2.05, 4.69) is 4.84 Å². The third kappa shape index (κ3) is 3.07. The molecular weight excluding hydrogens is 224 g/mol. The minimum Gasteiger partial charge on any atom is -0.314 e. The van der Waals surface area contributed by atoms with Crippen molar-refractivity contribution in [2.75, 3.05) is 6.61 Å². The zero-order chi connectivity index (χ0) is 13.3. The highest BCUT2D eigenvalue weighted by Gasteiger charge is 2.45. The molecule has 99 valence electrons. The van der Waals surface area contributed by atoms with Gasteiger partial charge in [0.25, 0.3) is 5.09 Å². The summed E-state index contributed by atoms with van der Waals surface area (Å²) in [5.74, 6) is -0.118. The first-order chi connectivity index (χ1) is 7.68. The fraction of sp³-hybridized carbons (Fsp3) is 1.00. The smallest absolute Gasteiger partial charge is 0.294 e. The van der Waals surface area contributed by atoms with Crippen LogP contribution in [0.25, 0.3) is 0 Å². The lowest BCUT2D eigenvalue weighted by atomic mass is 9.85. The molecule has 0 saturated carbocycles. The van der Waals surface area contributed by atoms with Crippen molar-refractivity contribution in [3.05, 3.63) is 10.1 Å². The Bertz CT molecular complexity index is 291. The summed E-state index contributed by atoms with van der Waals surface area (Å²) in [6, 6.07) is 0. The van der Waals surface area contributed by atoms with Gasteiger partial charge < -0.3 is 4.84 Å². The lowest BCUT2D eigenvalue weighted by Gasteiger charge is -2.43. The minimum absolute atomic E-state index is 0.00514. The number of rotatable bonds is 3. The van der Waals surface area contributed by atoms with Crippen LogP contribution >= 0.6 is 0 Å². The highest BCUT2D eigenvalue weighted by molar-refractivity contribution is 4.94. The molecule has 0 aromatic carbocycles. The Morgan fingerprint density at radius 2 is 2.00 bits per heavy atom. The van der Waals surface area contributed by atoms with Crippen molar-refractivity contribution < 1.29 is 15.1 Å². The quantitative estimate of drug-likeness (QED) is 0.564. The van der Waals surface area contributed by atoms with E-state index in [1.165, 1.54) is 0 Å². The average molecular weight is 245 g/mol. The normalized spacial score (nSPS) is 28.4. The van der Waals surface area contributed by atoms with Crippen molar-refractivity contribution in [2.24, 2.45) is 5.92 Å². The SMILES string of the molecule is CC1(C)CCCC(CO[N+](=O)[O-])C(C)(C)N1[O].